The zero-order valence-corrected chi connectivity index (χ0v) is 41.0. The average molecular weight is 987 g/mol. The molecule has 4 rings (SSSR count). The van der Waals surface area contributed by atoms with Gasteiger partial charge in [0.25, 0.3) is 0 Å². The summed E-state index contributed by atoms with van der Waals surface area (Å²) in [5.74, 6) is -5.39. The molecule has 0 saturated carbocycles. The summed E-state index contributed by atoms with van der Waals surface area (Å²) >= 11 is 1.39. The molecule has 5 atom stereocenters. The largest absolute Gasteiger partial charge is 0.508 e. The molecule has 0 aliphatic carbocycles. The summed E-state index contributed by atoms with van der Waals surface area (Å²) < 4.78 is 5.39. The fourth-order valence-corrected chi connectivity index (χ4v) is 7.74. The van der Waals surface area contributed by atoms with Gasteiger partial charge >= 0.3 is 12.1 Å². The Labute approximate surface area is 411 Å². The molecule has 70 heavy (non-hydrogen) atoms. The second-order valence-corrected chi connectivity index (χ2v) is 18.7. The maximum absolute atomic E-state index is 14.3. The van der Waals surface area contributed by atoms with Crippen molar-refractivity contribution in [1.82, 2.24) is 42.2 Å². The minimum atomic E-state index is -1.46. The van der Waals surface area contributed by atoms with Gasteiger partial charge in [-0.3, -0.25) is 33.6 Å². The van der Waals surface area contributed by atoms with Crippen LogP contribution in [0.4, 0.5) is 4.79 Å². The molecule has 0 unspecified atom stereocenters. The van der Waals surface area contributed by atoms with Gasteiger partial charge in [0.05, 0.1) is 13.0 Å². The van der Waals surface area contributed by atoms with E-state index in [4.69, 9.17) is 4.74 Å². The number of carbonyl (C=O) groups excluding carboxylic acids is 7. The quantitative estimate of drug-likeness (QED) is 0.0412. The number of carboxylic acid groups (broad SMARTS) is 1. The minimum absolute atomic E-state index is 0.00825. The molecule has 1 aromatic heterocycles. The van der Waals surface area contributed by atoms with E-state index in [1.165, 1.54) is 23.9 Å². The zero-order chi connectivity index (χ0) is 51.2. The van der Waals surface area contributed by atoms with Gasteiger partial charge in [0.15, 0.2) is 0 Å². The van der Waals surface area contributed by atoms with Crippen LogP contribution in [0.5, 0.6) is 5.75 Å². The fourth-order valence-electron chi connectivity index (χ4n) is 7.27. The standard InChI is InChI=1S/C50H66N8O11S/c1-6-7-16-37(55-47(66)39(58-49(68)69-50(2,3)4)26-32-18-20-34(59)21-19-32)44(63)53-30-42(60)54-40(27-33-29-52-36-17-12-11-15-35(33)36)48(67)56-38(23-25-70-5)46(65)57-41(28-43(61)62)45(64)51-24-22-31-13-9-8-10-14-31/h8-15,17-21,29,37-41,52,59H,6-7,16,22-28,30H2,1-5H3,(H,51,64)(H,53,63)(H,54,60)(H,55,66)(H,56,67)(H,57,65)(H,58,68)(H,61,62)/t37-,38-,39-,40+,41-/m0/s1. The van der Waals surface area contributed by atoms with Crippen molar-refractivity contribution in [2.45, 2.75) is 115 Å². The third kappa shape index (κ3) is 19.1. The summed E-state index contributed by atoms with van der Waals surface area (Å²) in [7, 11) is 0. The van der Waals surface area contributed by atoms with Crippen LogP contribution in [-0.4, -0.2) is 124 Å². The number of carboxylic acids is 1. The molecule has 378 valence electrons. The second-order valence-electron chi connectivity index (χ2n) is 17.7. The Morgan fingerprint density at radius 2 is 1.27 bits per heavy atom. The lowest BCUT2D eigenvalue weighted by Crippen LogP contribution is -2.58. The Morgan fingerprint density at radius 1 is 0.671 bits per heavy atom. The molecule has 7 amide bonds. The van der Waals surface area contributed by atoms with Crippen LogP contribution in [0.2, 0.25) is 0 Å². The monoisotopic (exact) mass is 986 g/mol. The smallest absolute Gasteiger partial charge is 0.408 e. The van der Waals surface area contributed by atoms with Crippen LogP contribution >= 0.6 is 11.8 Å². The molecule has 3 aromatic carbocycles. The number of aliphatic carboxylic acids is 1. The van der Waals surface area contributed by atoms with Gasteiger partial charge in [-0.15, -0.1) is 0 Å². The minimum Gasteiger partial charge on any atom is -0.508 e. The number of phenols is 1. The molecule has 0 aliphatic heterocycles. The van der Waals surface area contributed by atoms with Gasteiger partial charge in [0.1, 0.15) is 41.6 Å². The van der Waals surface area contributed by atoms with E-state index in [1.807, 2.05) is 61.5 Å². The van der Waals surface area contributed by atoms with Crippen LogP contribution in [0.1, 0.15) is 76.5 Å². The normalized spacial score (nSPS) is 13.3. The van der Waals surface area contributed by atoms with Crippen LogP contribution in [0.25, 0.3) is 10.9 Å². The number of H-pyrrole nitrogens is 1. The van der Waals surface area contributed by atoms with Crippen LogP contribution in [-0.2, 0) is 57.6 Å². The summed E-state index contributed by atoms with van der Waals surface area (Å²) in [6.45, 7) is 6.47. The average Bonchev–Trinajstić information content (AvgIpc) is 3.72. The number of alkyl carbamates (subject to hydrolysis) is 1. The molecule has 4 aromatic rings. The van der Waals surface area contributed by atoms with E-state index in [1.54, 1.807) is 45.4 Å². The molecule has 0 radical (unpaired) electrons. The third-order valence-electron chi connectivity index (χ3n) is 10.8. The number of aromatic hydroxyl groups is 1. The van der Waals surface area contributed by atoms with E-state index in [0.717, 1.165) is 16.5 Å². The molecule has 0 saturated heterocycles. The molecule has 19 nitrogen and oxygen atoms in total. The molecule has 0 spiro atoms. The Hall–Kier alpha value is -7.09. The Kier molecular flexibility index (Phi) is 22.0. The summed E-state index contributed by atoms with van der Waals surface area (Å²) in [5, 5.41) is 38.6. The zero-order valence-electron chi connectivity index (χ0n) is 40.2. The van der Waals surface area contributed by atoms with Gasteiger partial charge in [0.2, 0.25) is 35.4 Å². The number of hydrogen-bond acceptors (Lipinski definition) is 11. The first-order valence-corrected chi connectivity index (χ1v) is 24.6. The molecule has 1 heterocycles. The number of thioether (sulfide) groups is 1. The van der Waals surface area contributed by atoms with Crippen molar-refractivity contribution in [3.63, 3.8) is 0 Å². The van der Waals surface area contributed by atoms with E-state index < -0.39 is 96.3 Å². The van der Waals surface area contributed by atoms with Crippen molar-refractivity contribution >= 4 is 70.2 Å². The van der Waals surface area contributed by atoms with E-state index in [0.29, 0.717) is 36.1 Å². The lowest BCUT2D eigenvalue weighted by Gasteiger charge is -2.26. The summed E-state index contributed by atoms with van der Waals surface area (Å²) in [6, 6.07) is 16.3. The second kappa shape index (κ2) is 27.8. The predicted molar refractivity (Wildman–Crippen MR) is 266 cm³/mol. The van der Waals surface area contributed by atoms with Crippen molar-refractivity contribution < 1.29 is 53.3 Å². The maximum atomic E-state index is 14.3. The number of unbranched alkanes of at least 4 members (excludes halogenated alkanes) is 1. The van der Waals surface area contributed by atoms with Gasteiger partial charge < -0.3 is 57.2 Å². The third-order valence-corrected chi connectivity index (χ3v) is 11.5. The number of ether oxygens (including phenoxy) is 1. The Bertz CT molecular complexity index is 2390. The van der Waals surface area contributed by atoms with Gasteiger partial charge in [-0.05, 0) is 86.9 Å². The maximum Gasteiger partial charge on any atom is 0.408 e. The van der Waals surface area contributed by atoms with Crippen molar-refractivity contribution in [2.24, 2.45) is 0 Å². The number of benzene rings is 3. The highest BCUT2D eigenvalue weighted by atomic mass is 32.2. The first kappa shape index (κ1) is 55.5. The number of rotatable bonds is 27. The molecular weight excluding hydrogens is 921 g/mol. The first-order valence-electron chi connectivity index (χ1n) is 23.2. The number of fused-ring (bicyclic) bond motifs is 1. The number of nitrogens with one attached hydrogen (secondary N) is 8. The number of carbonyl (C=O) groups is 8. The topological polar surface area (TPSA) is 286 Å². The highest BCUT2D eigenvalue weighted by Gasteiger charge is 2.32. The van der Waals surface area contributed by atoms with Crippen molar-refractivity contribution in [3.8, 4) is 5.75 Å². The SMILES string of the molecule is CCCC[C@H](NC(=O)[C@H](Cc1ccc(O)cc1)NC(=O)OC(C)(C)C)C(=O)NCC(=O)N[C@H](Cc1c[nH]c2ccccc12)C(=O)N[C@@H](CCSC)C(=O)N[C@@H](CC(=O)O)C(=O)NCCc1ccccc1. The van der Waals surface area contributed by atoms with E-state index in [2.05, 4.69) is 42.2 Å². The molecule has 0 bridgehead atoms. The van der Waals surface area contributed by atoms with E-state index in [-0.39, 0.29) is 38.0 Å². The Balaban J connectivity index is 1.50. The number of hydrogen-bond donors (Lipinski definition) is 10. The van der Waals surface area contributed by atoms with E-state index >= 15 is 0 Å². The highest BCUT2D eigenvalue weighted by molar-refractivity contribution is 7.98. The number of phenolic OH excluding ortho intramolecular Hbond substituents is 1. The van der Waals surface area contributed by atoms with Crippen LogP contribution < -0.4 is 37.2 Å². The van der Waals surface area contributed by atoms with Crippen LogP contribution in [0, 0.1) is 0 Å². The number of aromatic amines is 1. The highest BCUT2D eigenvalue weighted by Crippen LogP contribution is 2.20. The van der Waals surface area contributed by atoms with Gasteiger partial charge in [-0.25, -0.2) is 4.79 Å². The number of amides is 7. The lowest BCUT2D eigenvalue weighted by atomic mass is 10.0. The molecule has 10 N–H and O–H groups in total. The summed E-state index contributed by atoms with van der Waals surface area (Å²) in [5.41, 5.74) is 2.10. The number of para-hydroxylation sites is 1. The first-order chi connectivity index (χ1) is 33.3. The molecule has 0 aliphatic rings. The molecule has 20 heteroatoms. The molecular formula is C50H66N8O11S. The van der Waals surface area contributed by atoms with Gasteiger partial charge in [-0.2, -0.15) is 11.8 Å². The van der Waals surface area contributed by atoms with Crippen molar-refractivity contribution in [2.75, 3.05) is 25.1 Å². The van der Waals surface area contributed by atoms with Gasteiger partial charge in [-0.1, -0.05) is 80.4 Å². The van der Waals surface area contributed by atoms with Crippen molar-refractivity contribution in [3.05, 3.63) is 102 Å². The summed E-state index contributed by atoms with van der Waals surface area (Å²) in [4.78, 5) is 110. The predicted octanol–water partition coefficient (Wildman–Crippen LogP) is 3.38. The van der Waals surface area contributed by atoms with Crippen LogP contribution in [0.15, 0.2) is 85.1 Å². The molecule has 0 fully saturated rings. The van der Waals surface area contributed by atoms with Crippen LogP contribution in [0.3, 0.4) is 0 Å². The van der Waals surface area contributed by atoms with Gasteiger partial charge in [0, 0.05) is 36.5 Å². The fraction of sp³-hybridized carbons (Fsp3) is 0.440. The van der Waals surface area contributed by atoms with E-state index in [9.17, 15) is 48.6 Å². The Morgan fingerprint density at radius 3 is 1.91 bits per heavy atom. The summed E-state index contributed by atoms with van der Waals surface area (Å²) in [6.07, 6.45) is 3.76. The number of aromatic nitrogens is 1. The lowest BCUT2D eigenvalue weighted by molar-refractivity contribution is -0.141. The van der Waals surface area contributed by atoms with Crippen molar-refractivity contribution in [1.29, 1.82) is 0 Å².